The van der Waals surface area contributed by atoms with Crippen LogP contribution in [0.15, 0.2) is 53.1 Å². The van der Waals surface area contributed by atoms with Crippen LogP contribution in [0.5, 0.6) is 0 Å². The van der Waals surface area contributed by atoms with Gasteiger partial charge in [0.15, 0.2) is 0 Å². The molecule has 2 aromatic carbocycles. The zero-order valence-corrected chi connectivity index (χ0v) is 14.6. The number of hydrogen-bond donors (Lipinski definition) is 1. The van der Waals surface area contributed by atoms with E-state index in [2.05, 4.69) is 15.5 Å². The van der Waals surface area contributed by atoms with Crippen LogP contribution in [0.25, 0.3) is 11.4 Å². The molecule has 1 heterocycles. The van der Waals surface area contributed by atoms with Gasteiger partial charge in [0.2, 0.25) is 17.6 Å². The standard InChI is InChI=1S/C19H18ClN3O2/c1-13-5-7-14(8-6-13)12-21-17(24)9-10-18-22-19(23-25-18)15-3-2-4-16(20)11-15/h2-8,11H,9-10,12H2,1H3,(H,21,24). The number of carbonyl (C=O) groups excluding carboxylic acids is 1. The van der Waals surface area contributed by atoms with E-state index in [-0.39, 0.29) is 5.91 Å². The largest absolute Gasteiger partial charge is 0.352 e. The summed E-state index contributed by atoms with van der Waals surface area (Å²) in [5.41, 5.74) is 3.05. The summed E-state index contributed by atoms with van der Waals surface area (Å²) in [6.45, 7) is 2.54. The first kappa shape index (κ1) is 17.2. The molecule has 0 unspecified atom stereocenters. The molecule has 6 heteroatoms. The van der Waals surface area contributed by atoms with E-state index in [0.29, 0.717) is 36.1 Å². The van der Waals surface area contributed by atoms with Crippen molar-refractivity contribution in [1.29, 1.82) is 0 Å². The normalized spacial score (nSPS) is 10.6. The number of nitrogens with one attached hydrogen (secondary N) is 1. The molecular weight excluding hydrogens is 338 g/mol. The molecule has 0 radical (unpaired) electrons. The smallest absolute Gasteiger partial charge is 0.227 e. The Bertz CT molecular complexity index is 859. The summed E-state index contributed by atoms with van der Waals surface area (Å²) in [7, 11) is 0. The lowest BCUT2D eigenvalue weighted by molar-refractivity contribution is -0.121. The Morgan fingerprint density at radius 3 is 2.76 bits per heavy atom. The number of hydrogen-bond acceptors (Lipinski definition) is 4. The Hall–Kier alpha value is -2.66. The van der Waals surface area contributed by atoms with E-state index in [4.69, 9.17) is 16.1 Å². The Balaban J connectivity index is 1.50. The minimum Gasteiger partial charge on any atom is -0.352 e. The lowest BCUT2D eigenvalue weighted by Crippen LogP contribution is -2.23. The average molecular weight is 356 g/mol. The molecule has 0 saturated carbocycles. The van der Waals surface area contributed by atoms with Crippen LogP contribution in [0.1, 0.15) is 23.4 Å². The van der Waals surface area contributed by atoms with Crippen LogP contribution in [-0.4, -0.2) is 16.0 Å². The molecule has 0 spiro atoms. The molecule has 1 N–H and O–H groups in total. The van der Waals surface area contributed by atoms with E-state index < -0.39 is 0 Å². The van der Waals surface area contributed by atoms with Crippen LogP contribution in [0.2, 0.25) is 5.02 Å². The van der Waals surface area contributed by atoms with E-state index in [0.717, 1.165) is 11.1 Å². The highest BCUT2D eigenvalue weighted by Crippen LogP contribution is 2.20. The lowest BCUT2D eigenvalue weighted by Gasteiger charge is -2.04. The molecule has 0 atom stereocenters. The number of carbonyl (C=O) groups is 1. The van der Waals surface area contributed by atoms with Crippen LogP contribution < -0.4 is 5.32 Å². The third-order valence-corrected chi connectivity index (χ3v) is 3.96. The molecule has 0 aliphatic carbocycles. The monoisotopic (exact) mass is 355 g/mol. The van der Waals surface area contributed by atoms with Crippen molar-refractivity contribution < 1.29 is 9.32 Å². The van der Waals surface area contributed by atoms with Gasteiger partial charge in [-0.2, -0.15) is 4.98 Å². The molecular formula is C19H18ClN3O2. The molecule has 3 rings (SSSR count). The fourth-order valence-corrected chi connectivity index (χ4v) is 2.51. The molecule has 128 valence electrons. The van der Waals surface area contributed by atoms with Crippen molar-refractivity contribution in [3.8, 4) is 11.4 Å². The quantitative estimate of drug-likeness (QED) is 0.727. The summed E-state index contributed by atoms with van der Waals surface area (Å²) in [6.07, 6.45) is 0.691. The van der Waals surface area contributed by atoms with Crippen LogP contribution in [0.3, 0.4) is 0 Å². The zero-order valence-electron chi connectivity index (χ0n) is 13.8. The molecule has 0 saturated heterocycles. The number of nitrogens with zero attached hydrogens (tertiary/aromatic N) is 2. The molecule has 25 heavy (non-hydrogen) atoms. The fourth-order valence-electron chi connectivity index (χ4n) is 2.32. The van der Waals surface area contributed by atoms with Gasteiger partial charge in [0.25, 0.3) is 0 Å². The Kier molecular flexibility index (Phi) is 5.46. The summed E-state index contributed by atoms with van der Waals surface area (Å²) in [6, 6.07) is 15.3. The molecule has 1 aromatic heterocycles. The van der Waals surface area contributed by atoms with Gasteiger partial charge < -0.3 is 9.84 Å². The molecule has 3 aromatic rings. The van der Waals surface area contributed by atoms with Crippen molar-refractivity contribution in [3.63, 3.8) is 0 Å². The van der Waals surface area contributed by atoms with Gasteiger partial charge in [0, 0.05) is 30.0 Å². The predicted molar refractivity (Wildman–Crippen MR) is 96.1 cm³/mol. The van der Waals surface area contributed by atoms with E-state index in [1.54, 1.807) is 12.1 Å². The van der Waals surface area contributed by atoms with E-state index in [1.165, 1.54) is 5.56 Å². The van der Waals surface area contributed by atoms with Crippen molar-refractivity contribution in [1.82, 2.24) is 15.5 Å². The van der Waals surface area contributed by atoms with Crippen LogP contribution in [0, 0.1) is 6.92 Å². The number of rotatable bonds is 6. The van der Waals surface area contributed by atoms with Gasteiger partial charge in [0.1, 0.15) is 0 Å². The van der Waals surface area contributed by atoms with Gasteiger partial charge in [-0.3, -0.25) is 4.79 Å². The second-order valence-corrected chi connectivity index (χ2v) is 6.22. The van der Waals surface area contributed by atoms with Gasteiger partial charge in [-0.05, 0) is 24.6 Å². The van der Waals surface area contributed by atoms with Crippen molar-refractivity contribution >= 4 is 17.5 Å². The summed E-state index contributed by atoms with van der Waals surface area (Å²) in [5.74, 6) is 0.848. The molecule has 0 bridgehead atoms. The molecule has 0 fully saturated rings. The number of aryl methyl sites for hydroxylation is 2. The number of aromatic nitrogens is 2. The summed E-state index contributed by atoms with van der Waals surface area (Å²) < 4.78 is 5.20. The number of benzene rings is 2. The summed E-state index contributed by atoms with van der Waals surface area (Å²) in [5, 5.41) is 7.43. The Labute approximate surface area is 151 Å². The van der Waals surface area contributed by atoms with Crippen LogP contribution >= 0.6 is 11.6 Å². The van der Waals surface area contributed by atoms with E-state index >= 15 is 0 Å². The van der Waals surface area contributed by atoms with Crippen LogP contribution in [-0.2, 0) is 17.8 Å². The maximum Gasteiger partial charge on any atom is 0.227 e. The SMILES string of the molecule is Cc1ccc(CNC(=O)CCc2nc(-c3cccc(Cl)c3)no2)cc1. The topological polar surface area (TPSA) is 68.0 Å². The highest BCUT2D eigenvalue weighted by atomic mass is 35.5. The summed E-state index contributed by atoms with van der Waals surface area (Å²) >= 11 is 5.96. The van der Waals surface area contributed by atoms with Crippen molar-refractivity contribution in [2.24, 2.45) is 0 Å². The Morgan fingerprint density at radius 2 is 2.00 bits per heavy atom. The fraction of sp³-hybridized carbons (Fsp3) is 0.211. The third kappa shape index (κ3) is 4.90. The average Bonchev–Trinajstić information content (AvgIpc) is 3.08. The highest BCUT2D eigenvalue weighted by Gasteiger charge is 2.11. The van der Waals surface area contributed by atoms with Crippen molar-refractivity contribution in [2.45, 2.75) is 26.3 Å². The van der Waals surface area contributed by atoms with E-state index in [1.807, 2.05) is 43.3 Å². The van der Waals surface area contributed by atoms with Crippen molar-refractivity contribution in [2.75, 3.05) is 0 Å². The molecule has 5 nitrogen and oxygen atoms in total. The minimum absolute atomic E-state index is 0.0527. The third-order valence-electron chi connectivity index (χ3n) is 3.73. The molecule has 0 aliphatic heterocycles. The first-order valence-corrected chi connectivity index (χ1v) is 8.39. The van der Waals surface area contributed by atoms with E-state index in [9.17, 15) is 4.79 Å². The lowest BCUT2D eigenvalue weighted by atomic mass is 10.1. The van der Waals surface area contributed by atoms with Gasteiger partial charge in [0.05, 0.1) is 0 Å². The first-order chi connectivity index (χ1) is 12.1. The minimum atomic E-state index is -0.0527. The van der Waals surface area contributed by atoms with Gasteiger partial charge in [-0.25, -0.2) is 0 Å². The maximum absolute atomic E-state index is 12.0. The summed E-state index contributed by atoms with van der Waals surface area (Å²) in [4.78, 5) is 16.3. The zero-order chi connectivity index (χ0) is 17.6. The first-order valence-electron chi connectivity index (χ1n) is 8.01. The second kappa shape index (κ2) is 7.94. The van der Waals surface area contributed by atoms with Crippen LogP contribution in [0.4, 0.5) is 0 Å². The maximum atomic E-state index is 12.0. The predicted octanol–water partition coefficient (Wildman–Crippen LogP) is 3.95. The van der Waals surface area contributed by atoms with Gasteiger partial charge in [-0.15, -0.1) is 0 Å². The molecule has 1 amide bonds. The highest BCUT2D eigenvalue weighted by molar-refractivity contribution is 6.30. The number of halogens is 1. The second-order valence-electron chi connectivity index (χ2n) is 5.78. The van der Waals surface area contributed by atoms with Crippen molar-refractivity contribution in [3.05, 3.63) is 70.6 Å². The molecule has 0 aliphatic rings. The van der Waals surface area contributed by atoms with Gasteiger partial charge >= 0.3 is 0 Å². The Morgan fingerprint density at radius 1 is 1.20 bits per heavy atom. The number of amides is 1. The van der Waals surface area contributed by atoms with Gasteiger partial charge in [-0.1, -0.05) is 58.7 Å².